The topological polar surface area (TPSA) is 41.5 Å². The normalized spacial score (nSPS) is 12.5. The van der Waals surface area contributed by atoms with Crippen LogP contribution in [0.1, 0.15) is 18.1 Å². The van der Waals surface area contributed by atoms with E-state index in [4.69, 9.17) is 9.84 Å². The van der Waals surface area contributed by atoms with Crippen LogP contribution < -0.4 is 10.1 Å². The van der Waals surface area contributed by atoms with Crippen LogP contribution in [0.15, 0.2) is 18.2 Å². The molecule has 1 atom stereocenters. The Bertz CT molecular complexity index is 324. The molecule has 0 heterocycles. The molecular formula is C13H21NO2. The second kappa shape index (κ2) is 6.51. The van der Waals surface area contributed by atoms with Gasteiger partial charge in [0, 0.05) is 13.1 Å². The summed E-state index contributed by atoms with van der Waals surface area (Å²) in [6, 6.07) is 6.16. The largest absolute Gasteiger partial charge is 0.492 e. The Labute approximate surface area is 97.4 Å². The number of aryl methyl sites for hydroxylation is 2. The van der Waals surface area contributed by atoms with Crippen molar-refractivity contribution in [3.8, 4) is 5.75 Å². The number of hydrogen-bond acceptors (Lipinski definition) is 3. The summed E-state index contributed by atoms with van der Waals surface area (Å²) in [5, 5.41) is 12.2. The lowest BCUT2D eigenvalue weighted by Gasteiger charge is -2.11. The summed E-state index contributed by atoms with van der Waals surface area (Å²) in [6.45, 7) is 7.86. The van der Waals surface area contributed by atoms with Crippen molar-refractivity contribution in [2.45, 2.75) is 26.9 Å². The van der Waals surface area contributed by atoms with E-state index in [1.54, 1.807) is 6.92 Å². The molecule has 0 spiro atoms. The van der Waals surface area contributed by atoms with Gasteiger partial charge in [-0.25, -0.2) is 0 Å². The lowest BCUT2D eigenvalue weighted by Crippen LogP contribution is -2.28. The molecule has 0 unspecified atom stereocenters. The van der Waals surface area contributed by atoms with Crippen LogP contribution in [0.25, 0.3) is 0 Å². The fourth-order valence-electron chi connectivity index (χ4n) is 1.51. The first-order chi connectivity index (χ1) is 7.59. The maximum absolute atomic E-state index is 9.04. The van der Waals surface area contributed by atoms with Gasteiger partial charge < -0.3 is 15.2 Å². The van der Waals surface area contributed by atoms with Crippen LogP contribution in [0.4, 0.5) is 0 Å². The first kappa shape index (κ1) is 13.0. The van der Waals surface area contributed by atoms with Crippen LogP contribution in [-0.4, -0.2) is 30.9 Å². The summed E-state index contributed by atoms with van der Waals surface area (Å²) >= 11 is 0. The van der Waals surface area contributed by atoms with E-state index in [1.807, 2.05) is 19.1 Å². The Kier molecular flexibility index (Phi) is 5.29. The maximum atomic E-state index is 9.04. The van der Waals surface area contributed by atoms with Gasteiger partial charge in [0.25, 0.3) is 0 Å². The first-order valence-corrected chi connectivity index (χ1v) is 5.68. The maximum Gasteiger partial charge on any atom is 0.122 e. The molecule has 0 aliphatic heterocycles. The molecule has 1 rings (SSSR count). The highest BCUT2D eigenvalue weighted by Crippen LogP contribution is 2.18. The van der Waals surface area contributed by atoms with Crippen molar-refractivity contribution in [3.63, 3.8) is 0 Å². The van der Waals surface area contributed by atoms with Gasteiger partial charge in [0.2, 0.25) is 0 Å². The average molecular weight is 223 g/mol. The van der Waals surface area contributed by atoms with E-state index in [9.17, 15) is 0 Å². The van der Waals surface area contributed by atoms with Gasteiger partial charge in [0.1, 0.15) is 12.4 Å². The molecule has 0 aliphatic rings. The molecule has 2 N–H and O–H groups in total. The second-order valence-corrected chi connectivity index (χ2v) is 4.17. The minimum atomic E-state index is -0.305. The number of benzene rings is 1. The van der Waals surface area contributed by atoms with Crippen molar-refractivity contribution in [1.29, 1.82) is 0 Å². The van der Waals surface area contributed by atoms with Crippen LogP contribution in [0.2, 0.25) is 0 Å². The van der Waals surface area contributed by atoms with E-state index in [-0.39, 0.29) is 6.10 Å². The molecule has 0 fully saturated rings. The Morgan fingerprint density at radius 2 is 2.12 bits per heavy atom. The van der Waals surface area contributed by atoms with Gasteiger partial charge in [0.15, 0.2) is 0 Å². The summed E-state index contributed by atoms with van der Waals surface area (Å²) in [5.74, 6) is 0.935. The van der Waals surface area contributed by atoms with Gasteiger partial charge in [-0.2, -0.15) is 0 Å². The highest BCUT2D eigenvalue weighted by Gasteiger charge is 1.99. The number of nitrogens with one attached hydrogen (secondary N) is 1. The third-order valence-electron chi connectivity index (χ3n) is 2.31. The lowest BCUT2D eigenvalue weighted by atomic mass is 10.1. The van der Waals surface area contributed by atoms with E-state index in [2.05, 4.69) is 18.3 Å². The number of hydrogen-bond donors (Lipinski definition) is 2. The number of ether oxygens (including phenoxy) is 1. The van der Waals surface area contributed by atoms with Crippen molar-refractivity contribution < 1.29 is 9.84 Å². The molecule has 3 nitrogen and oxygen atoms in total. The predicted octanol–water partition coefficient (Wildman–Crippen LogP) is 1.65. The highest BCUT2D eigenvalue weighted by atomic mass is 16.5. The van der Waals surface area contributed by atoms with Crippen LogP contribution >= 0.6 is 0 Å². The molecule has 3 heteroatoms. The van der Waals surface area contributed by atoms with Gasteiger partial charge in [0.05, 0.1) is 6.10 Å². The van der Waals surface area contributed by atoms with Crippen LogP contribution in [0.3, 0.4) is 0 Å². The van der Waals surface area contributed by atoms with Crippen LogP contribution in [0.5, 0.6) is 5.75 Å². The number of rotatable bonds is 6. The van der Waals surface area contributed by atoms with E-state index in [0.29, 0.717) is 13.2 Å². The van der Waals surface area contributed by atoms with E-state index >= 15 is 0 Å². The zero-order valence-corrected chi connectivity index (χ0v) is 10.3. The Morgan fingerprint density at radius 3 is 2.75 bits per heavy atom. The molecule has 1 aromatic rings. The van der Waals surface area contributed by atoms with Crippen molar-refractivity contribution in [2.24, 2.45) is 0 Å². The molecule has 0 bridgehead atoms. The molecule has 0 aromatic heterocycles. The molecule has 1 aromatic carbocycles. The summed E-state index contributed by atoms with van der Waals surface area (Å²) in [7, 11) is 0. The third kappa shape index (κ3) is 4.64. The molecule has 90 valence electrons. The van der Waals surface area contributed by atoms with Gasteiger partial charge in [-0.05, 0) is 32.4 Å². The van der Waals surface area contributed by atoms with Gasteiger partial charge in [-0.1, -0.05) is 17.7 Å². The molecule has 0 amide bonds. The fraction of sp³-hybridized carbons (Fsp3) is 0.538. The SMILES string of the molecule is Cc1ccc(OCCNC[C@@H](C)O)c(C)c1. The summed E-state index contributed by atoms with van der Waals surface area (Å²) in [6.07, 6.45) is -0.305. The smallest absolute Gasteiger partial charge is 0.122 e. The molecular weight excluding hydrogens is 202 g/mol. The van der Waals surface area contributed by atoms with Crippen LogP contribution in [0, 0.1) is 13.8 Å². The van der Waals surface area contributed by atoms with Crippen molar-refractivity contribution in [2.75, 3.05) is 19.7 Å². The predicted molar refractivity (Wildman–Crippen MR) is 66.0 cm³/mol. The molecule has 0 saturated carbocycles. The quantitative estimate of drug-likeness (QED) is 0.721. The van der Waals surface area contributed by atoms with Gasteiger partial charge >= 0.3 is 0 Å². The van der Waals surface area contributed by atoms with E-state index in [0.717, 1.165) is 17.9 Å². The molecule has 0 saturated heterocycles. The third-order valence-corrected chi connectivity index (χ3v) is 2.31. The Hall–Kier alpha value is -1.06. The van der Waals surface area contributed by atoms with Crippen molar-refractivity contribution in [1.82, 2.24) is 5.32 Å². The Balaban J connectivity index is 2.27. The fourth-order valence-corrected chi connectivity index (χ4v) is 1.51. The molecule has 0 radical (unpaired) electrons. The van der Waals surface area contributed by atoms with Crippen LogP contribution in [-0.2, 0) is 0 Å². The zero-order valence-electron chi connectivity index (χ0n) is 10.3. The number of aliphatic hydroxyl groups is 1. The summed E-state index contributed by atoms with van der Waals surface area (Å²) in [5.41, 5.74) is 2.41. The standard InChI is InChI=1S/C13H21NO2/c1-10-4-5-13(11(2)8-10)16-7-6-14-9-12(3)15/h4-5,8,12,14-15H,6-7,9H2,1-3H3/t12-/m1/s1. The first-order valence-electron chi connectivity index (χ1n) is 5.68. The number of aliphatic hydroxyl groups excluding tert-OH is 1. The highest BCUT2D eigenvalue weighted by molar-refractivity contribution is 5.35. The van der Waals surface area contributed by atoms with Crippen molar-refractivity contribution >= 4 is 0 Å². The van der Waals surface area contributed by atoms with E-state index < -0.39 is 0 Å². The minimum absolute atomic E-state index is 0.305. The van der Waals surface area contributed by atoms with Gasteiger partial charge in [-0.15, -0.1) is 0 Å². The lowest BCUT2D eigenvalue weighted by molar-refractivity contribution is 0.188. The molecule has 16 heavy (non-hydrogen) atoms. The van der Waals surface area contributed by atoms with Gasteiger partial charge in [-0.3, -0.25) is 0 Å². The van der Waals surface area contributed by atoms with E-state index in [1.165, 1.54) is 5.56 Å². The molecule has 0 aliphatic carbocycles. The zero-order chi connectivity index (χ0) is 12.0. The Morgan fingerprint density at radius 1 is 1.38 bits per heavy atom. The summed E-state index contributed by atoms with van der Waals surface area (Å²) < 4.78 is 5.63. The average Bonchev–Trinajstić information content (AvgIpc) is 2.20. The van der Waals surface area contributed by atoms with Crippen molar-refractivity contribution in [3.05, 3.63) is 29.3 Å². The monoisotopic (exact) mass is 223 g/mol. The second-order valence-electron chi connectivity index (χ2n) is 4.17. The minimum Gasteiger partial charge on any atom is -0.492 e. The summed E-state index contributed by atoms with van der Waals surface area (Å²) in [4.78, 5) is 0.